The van der Waals surface area contributed by atoms with Gasteiger partial charge in [-0.3, -0.25) is 0 Å². The Bertz CT molecular complexity index is 386. The summed E-state index contributed by atoms with van der Waals surface area (Å²) in [5.74, 6) is 0. The molecule has 0 bridgehead atoms. The van der Waals surface area contributed by atoms with Crippen molar-refractivity contribution in [3.63, 3.8) is 0 Å². The fourth-order valence-corrected chi connectivity index (χ4v) is 6.76. The van der Waals surface area contributed by atoms with Crippen LogP contribution < -0.4 is 10.4 Å². The summed E-state index contributed by atoms with van der Waals surface area (Å²) in [6.45, 7) is 0. The summed E-state index contributed by atoms with van der Waals surface area (Å²) >= 11 is 6.49. The molecule has 0 amide bonds. The topological polar surface area (TPSA) is 0 Å². The van der Waals surface area contributed by atoms with Crippen molar-refractivity contribution < 1.29 is 0 Å². The summed E-state index contributed by atoms with van der Waals surface area (Å²) in [4.78, 5) is 0. The minimum absolute atomic E-state index is 1.40. The summed E-state index contributed by atoms with van der Waals surface area (Å²) < 4.78 is -1.67. The maximum atomic E-state index is 3.92. The van der Waals surface area contributed by atoms with Gasteiger partial charge in [-0.1, -0.05) is 97.8 Å². The van der Waals surface area contributed by atoms with Gasteiger partial charge in [-0.25, -0.2) is 0 Å². The molecule has 0 saturated carbocycles. The molecule has 0 aliphatic carbocycles. The Morgan fingerprint density at radius 1 is 0.733 bits per heavy atom. The van der Waals surface area contributed by atoms with Gasteiger partial charge in [-0.15, -0.1) is 0 Å². The zero-order valence-corrected chi connectivity index (χ0v) is 12.8. The normalized spacial score (nSPS) is 11.3. The van der Waals surface area contributed by atoms with Crippen LogP contribution in [0.1, 0.15) is 0 Å². The Labute approximate surface area is 112 Å². The number of benzene rings is 2. The van der Waals surface area contributed by atoms with Gasteiger partial charge in [0.15, 0.2) is 0 Å². The lowest BCUT2D eigenvalue weighted by atomic mass is 10.4. The van der Waals surface area contributed by atoms with Crippen molar-refractivity contribution in [2.24, 2.45) is 0 Å². The molecule has 0 aliphatic rings. The van der Waals surface area contributed by atoms with E-state index in [1.807, 2.05) is 0 Å². The van der Waals surface area contributed by atoms with Crippen molar-refractivity contribution in [3.8, 4) is 0 Å². The molecule has 2 rings (SSSR count). The van der Waals surface area contributed by atoms with Crippen LogP contribution in [0.5, 0.6) is 0 Å². The van der Waals surface area contributed by atoms with Crippen LogP contribution in [-0.2, 0) is 0 Å². The van der Waals surface area contributed by atoms with Crippen LogP contribution in [0.2, 0.25) is 0 Å². The molecule has 0 N–H and O–H groups in total. The van der Waals surface area contributed by atoms with Gasteiger partial charge in [0.2, 0.25) is 0 Å². The Hall–Kier alpha value is -0.133. The fourth-order valence-electron chi connectivity index (χ4n) is 1.46. The van der Waals surface area contributed by atoms with E-state index >= 15 is 0 Å². The van der Waals surface area contributed by atoms with Crippen LogP contribution >= 0.6 is 37.1 Å². The molecule has 0 nitrogen and oxygen atoms in total. The Balaban J connectivity index is 2.44. The molecule has 0 saturated heterocycles. The van der Waals surface area contributed by atoms with Crippen LogP contribution in [0.15, 0.2) is 60.7 Å². The molecular formula is C12H10BrISi. The van der Waals surface area contributed by atoms with Crippen LogP contribution in [0.3, 0.4) is 0 Å². The third kappa shape index (κ3) is 2.51. The summed E-state index contributed by atoms with van der Waals surface area (Å²) in [6, 6.07) is 21.3. The van der Waals surface area contributed by atoms with Crippen LogP contribution in [-0.4, -0.2) is 4.19 Å². The van der Waals surface area contributed by atoms with Gasteiger partial charge in [-0.2, -0.15) is 0 Å². The molecule has 0 spiro atoms. The first-order chi connectivity index (χ1) is 7.21. The van der Waals surface area contributed by atoms with E-state index in [-0.39, 0.29) is 0 Å². The maximum Gasteiger partial charge on any atom is 0.255 e. The summed E-state index contributed by atoms with van der Waals surface area (Å²) in [6.07, 6.45) is 0. The molecule has 0 atom stereocenters. The predicted molar refractivity (Wildman–Crippen MR) is 80.9 cm³/mol. The minimum Gasteiger partial charge on any atom is -0.0999 e. The molecule has 15 heavy (non-hydrogen) atoms. The van der Waals surface area contributed by atoms with Gasteiger partial charge >= 0.3 is 0 Å². The van der Waals surface area contributed by atoms with E-state index in [2.05, 4.69) is 97.8 Å². The van der Waals surface area contributed by atoms with Gasteiger partial charge in [0, 0.05) is 0 Å². The summed E-state index contributed by atoms with van der Waals surface area (Å²) in [5.41, 5.74) is 0. The van der Waals surface area contributed by atoms with Crippen LogP contribution in [0.4, 0.5) is 0 Å². The quantitative estimate of drug-likeness (QED) is 0.421. The zero-order chi connectivity index (χ0) is 10.7. The third-order valence-electron chi connectivity index (χ3n) is 2.27. The summed E-state index contributed by atoms with van der Waals surface area (Å²) in [5, 5.41) is 2.80. The lowest BCUT2D eigenvalue weighted by molar-refractivity contribution is 1.74. The van der Waals surface area contributed by atoms with E-state index in [0.717, 1.165) is 0 Å². The molecule has 0 fully saturated rings. The van der Waals surface area contributed by atoms with Gasteiger partial charge in [0.05, 0.1) is 0 Å². The van der Waals surface area contributed by atoms with E-state index in [1.165, 1.54) is 10.4 Å². The van der Waals surface area contributed by atoms with Gasteiger partial charge < -0.3 is 0 Å². The molecule has 0 aliphatic heterocycles. The van der Waals surface area contributed by atoms with E-state index in [1.54, 1.807) is 0 Å². The Kier molecular flexibility index (Phi) is 3.63. The maximum absolute atomic E-state index is 3.92. The second kappa shape index (κ2) is 4.80. The number of hydrogen-bond acceptors (Lipinski definition) is 0. The first-order valence-electron chi connectivity index (χ1n) is 4.70. The smallest absolute Gasteiger partial charge is 0.0999 e. The standard InChI is InChI=1S/C12H10BrISi/c13-15(14,11-7-3-1-4-8-11)12-9-5-2-6-10-12/h1-10H. The van der Waals surface area contributed by atoms with Crippen molar-refractivity contribution in [2.45, 2.75) is 0 Å². The first kappa shape index (κ1) is 11.4. The highest BCUT2D eigenvalue weighted by Crippen LogP contribution is 2.20. The van der Waals surface area contributed by atoms with E-state index in [0.29, 0.717) is 0 Å². The second-order valence-corrected chi connectivity index (χ2v) is 18.5. The monoisotopic (exact) mass is 388 g/mol. The number of halogens is 2. The van der Waals surface area contributed by atoms with Crippen molar-refractivity contribution in [1.29, 1.82) is 0 Å². The molecule has 0 unspecified atom stereocenters. The molecule has 0 heterocycles. The van der Waals surface area contributed by atoms with Crippen molar-refractivity contribution in [1.82, 2.24) is 0 Å². The Morgan fingerprint density at radius 2 is 1.07 bits per heavy atom. The van der Waals surface area contributed by atoms with Crippen LogP contribution in [0.25, 0.3) is 0 Å². The average molecular weight is 389 g/mol. The molecule has 0 aromatic heterocycles. The molecule has 3 heteroatoms. The van der Waals surface area contributed by atoms with E-state index in [9.17, 15) is 0 Å². The number of rotatable bonds is 2. The highest BCUT2D eigenvalue weighted by Gasteiger charge is 2.30. The first-order valence-corrected chi connectivity index (χ1v) is 12.1. The molecular weight excluding hydrogens is 379 g/mol. The molecule has 2 aromatic carbocycles. The van der Waals surface area contributed by atoms with Gasteiger partial charge in [0.25, 0.3) is 4.19 Å². The van der Waals surface area contributed by atoms with Gasteiger partial charge in [-0.05, 0) is 10.4 Å². The number of hydrogen-bond donors (Lipinski definition) is 0. The van der Waals surface area contributed by atoms with Crippen LogP contribution in [0, 0.1) is 0 Å². The van der Waals surface area contributed by atoms with Crippen molar-refractivity contribution in [3.05, 3.63) is 60.7 Å². The Morgan fingerprint density at radius 3 is 1.40 bits per heavy atom. The fraction of sp³-hybridized carbons (Fsp3) is 0. The molecule has 76 valence electrons. The van der Waals surface area contributed by atoms with Gasteiger partial charge in [0.1, 0.15) is 0 Å². The molecule has 0 radical (unpaired) electrons. The zero-order valence-electron chi connectivity index (χ0n) is 8.03. The largest absolute Gasteiger partial charge is 0.255 e. The minimum atomic E-state index is -1.67. The third-order valence-corrected chi connectivity index (χ3v) is 10.9. The predicted octanol–water partition coefficient (Wildman–Crippen LogP) is 3.07. The lowest BCUT2D eigenvalue weighted by Gasteiger charge is -2.18. The second-order valence-electron chi connectivity index (χ2n) is 3.31. The SMILES string of the molecule is Br[Si](I)(c1ccccc1)c1ccccc1. The average Bonchev–Trinajstić information content (AvgIpc) is 2.31. The van der Waals surface area contributed by atoms with Crippen molar-refractivity contribution in [2.75, 3.05) is 0 Å². The summed E-state index contributed by atoms with van der Waals surface area (Å²) in [7, 11) is 0. The van der Waals surface area contributed by atoms with E-state index < -0.39 is 4.19 Å². The van der Waals surface area contributed by atoms with E-state index in [4.69, 9.17) is 0 Å². The highest BCUT2D eigenvalue weighted by molar-refractivity contribution is 14.1. The lowest BCUT2D eigenvalue weighted by Crippen LogP contribution is -2.47. The van der Waals surface area contributed by atoms with Crippen molar-refractivity contribution >= 4 is 51.7 Å². The highest BCUT2D eigenvalue weighted by atomic mass is 127. The molecule has 2 aromatic rings.